The summed E-state index contributed by atoms with van der Waals surface area (Å²) >= 11 is 0. The van der Waals surface area contributed by atoms with Crippen molar-refractivity contribution < 1.29 is 14.7 Å². The molecular formula is C12H21NO3. The van der Waals surface area contributed by atoms with Crippen molar-refractivity contribution in [2.24, 2.45) is 11.8 Å². The van der Waals surface area contributed by atoms with Crippen molar-refractivity contribution in [2.75, 3.05) is 0 Å². The van der Waals surface area contributed by atoms with Gasteiger partial charge < -0.3 is 10.4 Å². The summed E-state index contributed by atoms with van der Waals surface area (Å²) in [5.74, 6) is -0.917. The van der Waals surface area contributed by atoms with Gasteiger partial charge in [-0.05, 0) is 46.5 Å². The second-order valence-electron chi connectivity index (χ2n) is 5.63. The molecule has 92 valence electrons. The van der Waals surface area contributed by atoms with Gasteiger partial charge in [0.25, 0.3) is 0 Å². The van der Waals surface area contributed by atoms with E-state index in [2.05, 4.69) is 5.32 Å². The molecular weight excluding hydrogens is 206 g/mol. The molecule has 2 N–H and O–H groups in total. The van der Waals surface area contributed by atoms with Gasteiger partial charge in [0.1, 0.15) is 0 Å². The van der Waals surface area contributed by atoms with Crippen LogP contribution < -0.4 is 5.32 Å². The van der Waals surface area contributed by atoms with Crippen LogP contribution in [0.15, 0.2) is 0 Å². The minimum absolute atomic E-state index is 0.00479. The Labute approximate surface area is 96.4 Å². The predicted octanol–water partition coefficient (Wildman–Crippen LogP) is 1.79. The monoisotopic (exact) mass is 227 g/mol. The van der Waals surface area contributed by atoms with Crippen molar-refractivity contribution in [3.63, 3.8) is 0 Å². The molecule has 1 aliphatic carbocycles. The van der Waals surface area contributed by atoms with Crippen LogP contribution in [0.25, 0.3) is 0 Å². The Hall–Kier alpha value is -1.06. The molecule has 1 fully saturated rings. The minimum atomic E-state index is -0.727. The molecule has 0 aromatic heterocycles. The summed E-state index contributed by atoms with van der Waals surface area (Å²) in [4.78, 5) is 22.6. The molecule has 1 saturated carbocycles. The van der Waals surface area contributed by atoms with Crippen molar-refractivity contribution in [2.45, 2.75) is 52.0 Å². The Morgan fingerprint density at radius 3 is 1.88 bits per heavy atom. The Bertz CT molecular complexity index is 272. The van der Waals surface area contributed by atoms with Gasteiger partial charge in [0, 0.05) is 11.5 Å². The number of carbonyl (C=O) groups is 2. The highest BCUT2D eigenvalue weighted by Crippen LogP contribution is 2.29. The van der Waals surface area contributed by atoms with Crippen LogP contribution in [0.2, 0.25) is 0 Å². The highest BCUT2D eigenvalue weighted by Gasteiger charge is 2.30. The normalized spacial score (nSPS) is 26.2. The number of aliphatic carboxylic acids is 1. The maximum atomic E-state index is 11.8. The molecule has 1 aliphatic rings. The lowest BCUT2D eigenvalue weighted by atomic mass is 9.81. The quantitative estimate of drug-likeness (QED) is 0.755. The van der Waals surface area contributed by atoms with Gasteiger partial charge >= 0.3 is 5.97 Å². The Balaban J connectivity index is 2.42. The van der Waals surface area contributed by atoms with Crippen molar-refractivity contribution in [3.8, 4) is 0 Å². The van der Waals surface area contributed by atoms with Gasteiger partial charge in [0.05, 0.1) is 5.92 Å². The molecule has 1 amide bonds. The molecule has 0 saturated heterocycles. The average molecular weight is 227 g/mol. The number of hydrogen-bond acceptors (Lipinski definition) is 2. The molecule has 0 aromatic carbocycles. The first kappa shape index (κ1) is 13.0. The maximum absolute atomic E-state index is 11.8. The standard InChI is InChI=1S/C12H21NO3/c1-12(2,3)13-10(14)8-4-6-9(7-5-8)11(15)16/h8-9H,4-7H2,1-3H3,(H,13,14)(H,15,16). The fourth-order valence-electron chi connectivity index (χ4n) is 2.07. The minimum Gasteiger partial charge on any atom is -0.481 e. The second-order valence-corrected chi connectivity index (χ2v) is 5.63. The average Bonchev–Trinajstić information content (AvgIpc) is 2.15. The van der Waals surface area contributed by atoms with E-state index in [1.165, 1.54) is 0 Å². The van der Waals surface area contributed by atoms with Crippen LogP contribution in [0.5, 0.6) is 0 Å². The first-order chi connectivity index (χ1) is 7.29. The fourth-order valence-corrected chi connectivity index (χ4v) is 2.07. The van der Waals surface area contributed by atoms with E-state index < -0.39 is 5.97 Å². The Morgan fingerprint density at radius 1 is 1.06 bits per heavy atom. The van der Waals surface area contributed by atoms with Crippen LogP contribution in [-0.2, 0) is 9.59 Å². The molecule has 0 radical (unpaired) electrons. The highest BCUT2D eigenvalue weighted by atomic mass is 16.4. The topological polar surface area (TPSA) is 66.4 Å². The van der Waals surface area contributed by atoms with E-state index in [-0.39, 0.29) is 23.3 Å². The third-order valence-electron chi connectivity index (χ3n) is 2.95. The van der Waals surface area contributed by atoms with Gasteiger partial charge in [-0.2, -0.15) is 0 Å². The summed E-state index contributed by atoms with van der Waals surface area (Å²) in [5, 5.41) is 11.8. The van der Waals surface area contributed by atoms with E-state index in [4.69, 9.17) is 5.11 Å². The second kappa shape index (κ2) is 4.85. The molecule has 0 bridgehead atoms. The lowest BCUT2D eigenvalue weighted by Gasteiger charge is -2.29. The number of hydrogen-bond donors (Lipinski definition) is 2. The van der Waals surface area contributed by atoms with Crippen LogP contribution in [0.1, 0.15) is 46.5 Å². The first-order valence-electron chi connectivity index (χ1n) is 5.84. The van der Waals surface area contributed by atoms with Crippen LogP contribution in [0, 0.1) is 11.8 Å². The number of carbonyl (C=O) groups excluding carboxylic acids is 1. The number of nitrogens with one attached hydrogen (secondary N) is 1. The molecule has 0 aliphatic heterocycles. The van der Waals surface area contributed by atoms with Crippen molar-refractivity contribution in [1.82, 2.24) is 5.32 Å². The smallest absolute Gasteiger partial charge is 0.306 e. The highest BCUT2D eigenvalue weighted by molar-refractivity contribution is 5.80. The number of carboxylic acids is 1. The summed E-state index contributed by atoms with van der Waals surface area (Å²) in [5.41, 5.74) is -0.208. The van der Waals surface area contributed by atoms with E-state index >= 15 is 0 Å². The molecule has 0 atom stereocenters. The van der Waals surface area contributed by atoms with Gasteiger partial charge in [0.15, 0.2) is 0 Å². The van der Waals surface area contributed by atoms with Gasteiger partial charge in [0.2, 0.25) is 5.91 Å². The molecule has 1 rings (SSSR count). The largest absolute Gasteiger partial charge is 0.481 e. The molecule has 0 spiro atoms. The summed E-state index contributed by atoms with van der Waals surface area (Å²) in [6, 6.07) is 0. The third kappa shape index (κ3) is 3.83. The summed E-state index contributed by atoms with van der Waals surface area (Å²) in [7, 11) is 0. The number of rotatable bonds is 2. The zero-order valence-corrected chi connectivity index (χ0v) is 10.2. The van der Waals surface area contributed by atoms with Gasteiger partial charge in [-0.1, -0.05) is 0 Å². The first-order valence-corrected chi connectivity index (χ1v) is 5.84. The van der Waals surface area contributed by atoms with E-state index in [0.717, 1.165) is 0 Å². The molecule has 0 aromatic rings. The van der Waals surface area contributed by atoms with Gasteiger partial charge in [-0.25, -0.2) is 0 Å². The summed E-state index contributed by atoms with van der Waals surface area (Å²) < 4.78 is 0. The lowest BCUT2D eigenvalue weighted by molar-refractivity contribution is -0.144. The van der Waals surface area contributed by atoms with Crippen LogP contribution in [-0.4, -0.2) is 22.5 Å². The summed E-state index contributed by atoms with van der Waals surface area (Å²) in [6.07, 6.45) is 2.63. The van der Waals surface area contributed by atoms with Crippen molar-refractivity contribution in [3.05, 3.63) is 0 Å². The van der Waals surface area contributed by atoms with E-state index in [1.54, 1.807) is 0 Å². The van der Waals surface area contributed by atoms with Crippen LogP contribution in [0.3, 0.4) is 0 Å². The zero-order chi connectivity index (χ0) is 12.3. The molecule has 4 nitrogen and oxygen atoms in total. The van der Waals surface area contributed by atoms with Gasteiger partial charge in [-0.3, -0.25) is 9.59 Å². The van der Waals surface area contributed by atoms with Crippen LogP contribution >= 0.6 is 0 Å². The SMILES string of the molecule is CC(C)(C)NC(=O)C1CCC(C(=O)O)CC1. The van der Waals surface area contributed by atoms with E-state index in [0.29, 0.717) is 25.7 Å². The summed E-state index contributed by atoms with van der Waals surface area (Å²) in [6.45, 7) is 5.86. The molecule has 0 unspecified atom stereocenters. The Morgan fingerprint density at radius 2 is 1.50 bits per heavy atom. The molecule has 16 heavy (non-hydrogen) atoms. The molecule has 4 heteroatoms. The maximum Gasteiger partial charge on any atom is 0.306 e. The van der Waals surface area contributed by atoms with Crippen molar-refractivity contribution >= 4 is 11.9 Å². The zero-order valence-electron chi connectivity index (χ0n) is 10.2. The van der Waals surface area contributed by atoms with Gasteiger partial charge in [-0.15, -0.1) is 0 Å². The Kier molecular flexibility index (Phi) is 3.94. The number of amides is 1. The third-order valence-corrected chi connectivity index (χ3v) is 2.95. The number of carboxylic acid groups (broad SMARTS) is 1. The fraction of sp³-hybridized carbons (Fsp3) is 0.833. The van der Waals surface area contributed by atoms with E-state index in [1.807, 2.05) is 20.8 Å². The lowest BCUT2D eigenvalue weighted by Crippen LogP contribution is -2.44. The van der Waals surface area contributed by atoms with E-state index in [9.17, 15) is 9.59 Å². The molecule has 0 heterocycles. The predicted molar refractivity (Wildman–Crippen MR) is 61.0 cm³/mol. The van der Waals surface area contributed by atoms with Crippen LogP contribution in [0.4, 0.5) is 0 Å². The van der Waals surface area contributed by atoms with Crippen molar-refractivity contribution in [1.29, 1.82) is 0 Å².